The van der Waals surface area contributed by atoms with Gasteiger partial charge < -0.3 is 0 Å². The Labute approximate surface area is 104 Å². The van der Waals surface area contributed by atoms with Crippen molar-refractivity contribution in [2.45, 2.75) is 39.0 Å². The van der Waals surface area contributed by atoms with Crippen LogP contribution in [0.5, 0.6) is 0 Å². The largest absolute Gasteiger partial charge is 0.131 e. The molecule has 0 spiro atoms. The fourth-order valence-corrected chi connectivity index (χ4v) is 3.75. The third-order valence-electron chi connectivity index (χ3n) is 2.61. The zero-order chi connectivity index (χ0) is 10.7. The third-order valence-corrected chi connectivity index (χ3v) is 5.55. The molecule has 0 saturated carbocycles. The second-order valence-corrected chi connectivity index (χ2v) is 6.46. The highest BCUT2D eigenvalue weighted by atomic mass is 79.9. The Bertz CT molecular complexity index is 272. The number of alkyl halides is 1. The molecule has 3 heteroatoms. The summed E-state index contributed by atoms with van der Waals surface area (Å²) in [7, 11) is 0. The van der Waals surface area contributed by atoms with Gasteiger partial charge in [0.05, 0.1) is 9.16 Å². The average molecular weight is 296 g/mol. The molecule has 0 nitrogen and oxygen atoms in total. The minimum Gasteiger partial charge on any atom is -0.131 e. The summed E-state index contributed by atoms with van der Waals surface area (Å²) in [6.07, 6.45) is 2.30. The summed E-state index contributed by atoms with van der Waals surface area (Å²) < 4.78 is 1.21. The van der Waals surface area contributed by atoms with Crippen molar-refractivity contribution < 1.29 is 0 Å². The molecule has 1 rings (SSSR count). The maximum Gasteiger partial charge on any atom is 0.0731 e. The SMILES string of the molecule is CCC(CC)C(Cl)c1cc(C)c(Br)s1. The first-order valence-electron chi connectivity index (χ1n) is 5.00. The highest BCUT2D eigenvalue weighted by molar-refractivity contribution is 9.11. The molecule has 80 valence electrons. The molecule has 0 aromatic carbocycles. The van der Waals surface area contributed by atoms with Gasteiger partial charge >= 0.3 is 0 Å². The van der Waals surface area contributed by atoms with Crippen molar-refractivity contribution in [2.24, 2.45) is 5.92 Å². The number of halogens is 2. The molecule has 1 aromatic rings. The van der Waals surface area contributed by atoms with Gasteiger partial charge in [-0.1, -0.05) is 26.7 Å². The molecule has 1 unspecified atom stereocenters. The van der Waals surface area contributed by atoms with Gasteiger partial charge in [-0.25, -0.2) is 0 Å². The van der Waals surface area contributed by atoms with Gasteiger partial charge in [-0.15, -0.1) is 22.9 Å². The van der Waals surface area contributed by atoms with E-state index in [1.165, 1.54) is 14.2 Å². The number of rotatable bonds is 4. The van der Waals surface area contributed by atoms with E-state index >= 15 is 0 Å². The normalized spacial score (nSPS) is 13.6. The molecule has 1 heterocycles. The van der Waals surface area contributed by atoms with Gasteiger partial charge in [-0.3, -0.25) is 0 Å². The van der Waals surface area contributed by atoms with Crippen molar-refractivity contribution in [3.8, 4) is 0 Å². The van der Waals surface area contributed by atoms with Crippen molar-refractivity contribution in [3.05, 3.63) is 20.3 Å². The van der Waals surface area contributed by atoms with Crippen molar-refractivity contribution in [1.29, 1.82) is 0 Å². The van der Waals surface area contributed by atoms with E-state index in [0.717, 1.165) is 12.8 Å². The molecular formula is C11H16BrClS. The Morgan fingerprint density at radius 3 is 2.36 bits per heavy atom. The van der Waals surface area contributed by atoms with Crippen molar-refractivity contribution in [1.82, 2.24) is 0 Å². The van der Waals surface area contributed by atoms with Crippen LogP contribution in [0, 0.1) is 12.8 Å². The molecule has 1 aromatic heterocycles. The third kappa shape index (κ3) is 2.74. The fourth-order valence-electron chi connectivity index (χ4n) is 1.55. The molecule has 0 N–H and O–H groups in total. The molecule has 0 aliphatic rings. The van der Waals surface area contributed by atoms with Crippen molar-refractivity contribution >= 4 is 38.9 Å². The summed E-state index contributed by atoms with van der Waals surface area (Å²) in [4.78, 5) is 1.30. The topological polar surface area (TPSA) is 0 Å². The molecule has 0 radical (unpaired) electrons. The second kappa shape index (κ2) is 5.53. The first kappa shape index (κ1) is 12.5. The van der Waals surface area contributed by atoms with Crippen LogP contribution in [0.2, 0.25) is 0 Å². The van der Waals surface area contributed by atoms with Crippen LogP contribution in [0.1, 0.15) is 42.5 Å². The number of hydrogen-bond donors (Lipinski definition) is 0. The van der Waals surface area contributed by atoms with E-state index in [-0.39, 0.29) is 5.38 Å². The highest BCUT2D eigenvalue weighted by Gasteiger charge is 2.20. The van der Waals surface area contributed by atoms with E-state index in [2.05, 4.69) is 42.8 Å². The van der Waals surface area contributed by atoms with Crippen LogP contribution in [0.4, 0.5) is 0 Å². The first-order valence-corrected chi connectivity index (χ1v) is 7.04. The lowest BCUT2D eigenvalue weighted by Crippen LogP contribution is -2.04. The minimum absolute atomic E-state index is 0.181. The second-order valence-electron chi connectivity index (χ2n) is 3.58. The van der Waals surface area contributed by atoms with Crippen LogP contribution in [-0.2, 0) is 0 Å². The average Bonchev–Trinajstić information content (AvgIpc) is 2.49. The minimum atomic E-state index is 0.181. The Morgan fingerprint density at radius 1 is 1.43 bits per heavy atom. The molecule has 0 aliphatic heterocycles. The van der Waals surface area contributed by atoms with Gasteiger partial charge in [0.25, 0.3) is 0 Å². The van der Waals surface area contributed by atoms with E-state index in [0.29, 0.717) is 5.92 Å². The summed E-state index contributed by atoms with van der Waals surface area (Å²) in [5, 5.41) is 0.181. The summed E-state index contributed by atoms with van der Waals surface area (Å²) in [6.45, 7) is 6.53. The van der Waals surface area contributed by atoms with Gasteiger partial charge in [0.15, 0.2) is 0 Å². The van der Waals surface area contributed by atoms with Gasteiger partial charge in [0, 0.05) is 4.88 Å². The number of thiophene rings is 1. The summed E-state index contributed by atoms with van der Waals surface area (Å²) in [5.74, 6) is 0.599. The molecule has 0 aliphatic carbocycles. The van der Waals surface area contributed by atoms with Crippen molar-refractivity contribution in [3.63, 3.8) is 0 Å². The number of hydrogen-bond acceptors (Lipinski definition) is 1. The van der Waals surface area contributed by atoms with E-state index in [1.54, 1.807) is 11.3 Å². The molecular weight excluding hydrogens is 280 g/mol. The van der Waals surface area contributed by atoms with Crippen molar-refractivity contribution in [2.75, 3.05) is 0 Å². The summed E-state index contributed by atoms with van der Waals surface area (Å²) in [6, 6.07) is 2.20. The molecule has 0 saturated heterocycles. The Hall–Kier alpha value is 0.470. The summed E-state index contributed by atoms with van der Waals surface area (Å²) in [5.41, 5.74) is 1.29. The molecule has 0 amide bonds. The Balaban J connectivity index is 2.82. The van der Waals surface area contributed by atoms with Gasteiger partial charge in [0.1, 0.15) is 0 Å². The number of aryl methyl sites for hydroxylation is 1. The lowest BCUT2D eigenvalue weighted by molar-refractivity contribution is 0.479. The standard InChI is InChI=1S/C11H16BrClS/c1-4-8(5-2)10(13)9-6-7(3)11(12)14-9/h6,8,10H,4-5H2,1-3H3. The highest BCUT2D eigenvalue weighted by Crippen LogP contribution is 2.40. The van der Waals surface area contributed by atoms with Crippen LogP contribution < -0.4 is 0 Å². The molecule has 0 fully saturated rings. The monoisotopic (exact) mass is 294 g/mol. The zero-order valence-electron chi connectivity index (χ0n) is 8.81. The zero-order valence-corrected chi connectivity index (χ0v) is 12.0. The molecule has 1 atom stereocenters. The Kier molecular flexibility index (Phi) is 4.95. The Morgan fingerprint density at radius 2 is 2.00 bits per heavy atom. The van der Waals surface area contributed by atoms with E-state index < -0.39 is 0 Å². The lowest BCUT2D eigenvalue weighted by Gasteiger charge is -2.17. The van der Waals surface area contributed by atoms with Crippen LogP contribution in [0.3, 0.4) is 0 Å². The van der Waals surface area contributed by atoms with E-state index in [9.17, 15) is 0 Å². The maximum atomic E-state index is 6.45. The van der Waals surface area contributed by atoms with E-state index in [1.807, 2.05) is 0 Å². The van der Waals surface area contributed by atoms with Crippen LogP contribution in [0.15, 0.2) is 9.85 Å². The van der Waals surface area contributed by atoms with Crippen LogP contribution >= 0.6 is 38.9 Å². The first-order chi connectivity index (χ1) is 6.60. The van der Waals surface area contributed by atoms with Gasteiger partial charge in [0.2, 0.25) is 0 Å². The van der Waals surface area contributed by atoms with Gasteiger partial charge in [-0.2, -0.15) is 0 Å². The summed E-state index contributed by atoms with van der Waals surface area (Å²) >= 11 is 11.8. The smallest absolute Gasteiger partial charge is 0.0731 e. The molecule has 14 heavy (non-hydrogen) atoms. The van der Waals surface area contributed by atoms with Gasteiger partial charge in [-0.05, 0) is 40.4 Å². The van der Waals surface area contributed by atoms with E-state index in [4.69, 9.17) is 11.6 Å². The quantitative estimate of drug-likeness (QED) is 0.640. The predicted octanol–water partition coefficient (Wildman–Crippen LogP) is 5.54. The maximum absolute atomic E-state index is 6.45. The van der Waals surface area contributed by atoms with Crippen LogP contribution in [-0.4, -0.2) is 0 Å². The molecule has 0 bridgehead atoms. The fraction of sp³-hybridized carbons (Fsp3) is 0.636. The predicted molar refractivity (Wildman–Crippen MR) is 69.4 cm³/mol. The van der Waals surface area contributed by atoms with Crippen LogP contribution in [0.25, 0.3) is 0 Å². The lowest BCUT2D eigenvalue weighted by atomic mass is 9.98.